The van der Waals surface area contributed by atoms with Gasteiger partial charge in [-0.3, -0.25) is 14.8 Å². The first-order chi connectivity index (χ1) is 10.6. The molecule has 1 aromatic carbocycles. The fourth-order valence-electron chi connectivity index (χ4n) is 2.93. The van der Waals surface area contributed by atoms with Crippen molar-refractivity contribution in [3.05, 3.63) is 47.4 Å². The van der Waals surface area contributed by atoms with Crippen molar-refractivity contribution >= 4 is 5.97 Å². The molecule has 114 valence electrons. The summed E-state index contributed by atoms with van der Waals surface area (Å²) < 4.78 is 0. The van der Waals surface area contributed by atoms with E-state index in [4.69, 9.17) is 0 Å². The second-order valence-electron chi connectivity index (χ2n) is 5.85. The standard InChI is InChI=1S/C17H18N2O3/c1-11-3-4-13(12(7-11)10-20)14-8-19-15(9-18-14)17(16(21)22)5-2-6-17/h3-4,7-9,20H,2,5-6,10H2,1H3,(H,21,22). The van der Waals surface area contributed by atoms with Gasteiger partial charge in [0.05, 0.1) is 30.4 Å². The second kappa shape index (κ2) is 5.50. The maximum atomic E-state index is 11.5. The number of aliphatic hydroxyl groups is 1. The van der Waals surface area contributed by atoms with Gasteiger partial charge in [0.1, 0.15) is 5.41 Å². The third kappa shape index (κ3) is 2.27. The largest absolute Gasteiger partial charge is 0.481 e. The molecule has 1 fully saturated rings. The number of aromatic nitrogens is 2. The number of hydrogen-bond acceptors (Lipinski definition) is 4. The zero-order valence-corrected chi connectivity index (χ0v) is 12.4. The van der Waals surface area contributed by atoms with Crippen LogP contribution in [0.5, 0.6) is 0 Å². The summed E-state index contributed by atoms with van der Waals surface area (Å²) >= 11 is 0. The van der Waals surface area contributed by atoms with Gasteiger partial charge in [0, 0.05) is 5.56 Å². The van der Waals surface area contributed by atoms with Crippen LogP contribution in [0.4, 0.5) is 0 Å². The minimum absolute atomic E-state index is 0.0699. The van der Waals surface area contributed by atoms with Crippen LogP contribution in [-0.2, 0) is 16.8 Å². The number of carboxylic acid groups (broad SMARTS) is 1. The predicted molar refractivity (Wildman–Crippen MR) is 81.3 cm³/mol. The Morgan fingerprint density at radius 3 is 2.55 bits per heavy atom. The molecule has 2 aromatic rings. The third-order valence-corrected chi connectivity index (χ3v) is 4.47. The zero-order valence-electron chi connectivity index (χ0n) is 12.4. The molecule has 0 spiro atoms. The Hall–Kier alpha value is -2.27. The van der Waals surface area contributed by atoms with Crippen molar-refractivity contribution in [3.8, 4) is 11.3 Å². The molecule has 0 radical (unpaired) electrons. The summed E-state index contributed by atoms with van der Waals surface area (Å²) in [5.41, 5.74) is 2.99. The average Bonchev–Trinajstić information content (AvgIpc) is 2.46. The summed E-state index contributed by atoms with van der Waals surface area (Å²) in [6.07, 6.45) is 5.29. The van der Waals surface area contributed by atoms with Gasteiger partial charge < -0.3 is 10.2 Å². The maximum absolute atomic E-state index is 11.5. The summed E-state index contributed by atoms with van der Waals surface area (Å²) in [7, 11) is 0. The quantitative estimate of drug-likeness (QED) is 0.906. The van der Waals surface area contributed by atoms with Crippen LogP contribution in [0.3, 0.4) is 0 Å². The Balaban J connectivity index is 1.97. The van der Waals surface area contributed by atoms with Crippen molar-refractivity contribution in [1.29, 1.82) is 0 Å². The topological polar surface area (TPSA) is 83.3 Å². The van der Waals surface area contributed by atoms with Crippen molar-refractivity contribution in [1.82, 2.24) is 9.97 Å². The maximum Gasteiger partial charge on any atom is 0.315 e. The Labute approximate surface area is 128 Å². The molecule has 2 N–H and O–H groups in total. The number of aliphatic carboxylic acids is 1. The van der Waals surface area contributed by atoms with Gasteiger partial charge >= 0.3 is 5.97 Å². The van der Waals surface area contributed by atoms with Crippen molar-refractivity contribution in [2.75, 3.05) is 0 Å². The van der Waals surface area contributed by atoms with Gasteiger partial charge in [0.15, 0.2) is 0 Å². The fourth-order valence-corrected chi connectivity index (χ4v) is 2.93. The van der Waals surface area contributed by atoms with Crippen LogP contribution in [0.25, 0.3) is 11.3 Å². The third-order valence-electron chi connectivity index (χ3n) is 4.47. The molecule has 0 unspecified atom stereocenters. The summed E-state index contributed by atoms with van der Waals surface area (Å²) in [6, 6.07) is 5.77. The smallest absolute Gasteiger partial charge is 0.315 e. The van der Waals surface area contributed by atoms with Gasteiger partial charge in [0.25, 0.3) is 0 Å². The number of hydrogen-bond donors (Lipinski definition) is 2. The Morgan fingerprint density at radius 2 is 2.05 bits per heavy atom. The lowest BCUT2D eigenvalue weighted by Crippen LogP contribution is -2.43. The Morgan fingerprint density at radius 1 is 1.27 bits per heavy atom. The lowest BCUT2D eigenvalue weighted by molar-refractivity contribution is -0.147. The highest BCUT2D eigenvalue weighted by Crippen LogP contribution is 2.43. The van der Waals surface area contributed by atoms with Crippen LogP contribution in [0.15, 0.2) is 30.6 Å². The zero-order chi connectivity index (χ0) is 15.7. The SMILES string of the molecule is Cc1ccc(-c2cnc(C3(C(=O)O)CCC3)cn2)c(CO)c1. The van der Waals surface area contributed by atoms with E-state index in [-0.39, 0.29) is 6.61 Å². The summed E-state index contributed by atoms with van der Waals surface area (Å²) in [5, 5.41) is 18.9. The van der Waals surface area contributed by atoms with Crippen molar-refractivity contribution in [2.45, 2.75) is 38.2 Å². The molecule has 0 amide bonds. The van der Waals surface area contributed by atoms with Crippen LogP contribution >= 0.6 is 0 Å². The number of aliphatic hydroxyl groups excluding tert-OH is 1. The van der Waals surface area contributed by atoms with Crippen LogP contribution in [0, 0.1) is 6.92 Å². The van der Waals surface area contributed by atoms with Gasteiger partial charge in [-0.25, -0.2) is 0 Å². The van der Waals surface area contributed by atoms with Gasteiger partial charge in [-0.2, -0.15) is 0 Å². The molecule has 0 saturated heterocycles. The second-order valence-corrected chi connectivity index (χ2v) is 5.85. The number of benzene rings is 1. The van der Waals surface area contributed by atoms with Gasteiger partial charge in [-0.05, 0) is 25.3 Å². The van der Waals surface area contributed by atoms with E-state index in [1.165, 1.54) is 0 Å². The average molecular weight is 298 g/mol. The Kier molecular flexibility index (Phi) is 3.66. The molecule has 1 saturated carbocycles. The van der Waals surface area contributed by atoms with Crippen LogP contribution < -0.4 is 0 Å². The van der Waals surface area contributed by atoms with E-state index in [0.29, 0.717) is 24.2 Å². The van der Waals surface area contributed by atoms with Crippen molar-refractivity contribution in [3.63, 3.8) is 0 Å². The van der Waals surface area contributed by atoms with Gasteiger partial charge in [0.2, 0.25) is 0 Å². The predicted octanol–water partition coefficient (Wildman–Crippen LogP) is 2.45. The molecule has 5 nitrogen and oxygen atoms in total. The van der Waals surface area contributed by atoms with Crippen LogP contribution in [-0.4, -0.2) is 26.2 Å². The molecular weight excluding hydrogens is 280 g/mol. The van der Waals surface area contributed by atoms with E-state index in [1.54, 1.807) is 12.4 Å². The van der Waals surface area contributed by atoms with Crippen LogP contribution in [0.1, 0.15) is 36.1 Å². The lowest BCUT2D eigenvalue weighted by atomic mass is 9.67. The molecule has 5 heteroatoms. The van der Waals surface area contributed by atoms with E-state index in [9.17, 15) is 15.0 Å². The van der Waals surface area contributed by atoms with Crippen molar-refractivity contribution in [2.24, 2.45) is 0 Å². The molecular formula is C17H18N2O3. The first kappa shape index (κ1) is 14.7. The molecule has 0 atom stereocenters. The van der Waals surface area contributed by atoms with E-state index in [1.807, 2.05) is 25.1 Å². The number of carboxylic acids is 1. The highest BCUT2D eigenvalue weighted by atomic mass is 16.4. The molecule has 0 aliphatic heterocycles. The first-order valence-corrected chi connectivity index (χ1v) is 7.33. The minimum Gasteiger partial charge on any atom is -0.481 e. The Bertz CT molecular complexity index is 706. The first-order valence-electron chi connectivity index (χ1n) is 7.33. The highest BCUT2D eigenvalue weighted by molar-refractivity contribution is 5.81. The monoisotopic (exact) mass is 298 g/mol. The number of aryl methyl sites for hydroxylation is 1. The number of rotatable bonds is 4. The molecule has 22 heavy (non-hydrogen) atoms. The van der Waals surface area contributed by atoms with Gasteiger partial charge in [-0.1, -0.05) is 30.2 Å². The molecule has 0 bridgehead atoms. The fraction of sp³-hybridized carbons (Fsp3) is 0.353. The molecule has 1 aliphatic carbocycles. The van der Waals surface area contributed by atoms with Crippen LogP contribution in [0.2, 0.25) is 0 Å². The molecule has 1 heterocycles. The minimum atomic E-state index is -0.862. The number of carbonyl (C=O) groups is 1. The van der Waals surface area contributed by atoms with E-state index in [2.05, 4.69) is 9.97 Å². The summed E-state index contributed by atoms with van der Waals surface area (Å²) in [4.78, 5) is 20.2. The number of nitrogens with zero attached hydrogens (tertiary/aromatic N) is 2. The lowest BCUT2D eigenvalue weighted by Gasteiger charge is -2.36. The molecule has 3 rings (SSSR count). The van der Waals surface area contributed by atoms with Gasteiger partial charge in [-0.15, -0.1) is 0 Å². The highest BCUT2D eigenvalue weighted by Gasteiger charge is 2.47. The molecule has 1 aliphatic rings. The van der Waals surface area contributed by atoms with Crippen molar-refractivity contribution < 1.29 is 15.0 Å². The van der Waals surface area contributed by atoms with E-state index in [0.717, 1.165) is 23.1 Å². The molecule has 1 aromatic heterocycles. The summed E-state index contributed by atoms with van der Waals surface area (Å²) in [5.74, 6) is -0.827. The van der Waals surface area contributed by atoms with E-state index < -0.39 is 11.4 Å². The van der Waals surface area contributed by atoms with E-state index >= 15 is 0 Å². The normalized spacial score (nSPS) is 16.1. The summed E-state index contributed by atoms with van der Waals surface area (Å²) in [6.45, 7) is 1.89.